The molecule has 2 saturated heterocycles. The summed E-state index contributed by atoms with van der Waals surface area (Å²) in [6, 6.07) is 10.6. The Morgan fingerprint density at radius 3 is 2.59 bits per heavy atom. The first-order chi connectivity index (χ1) is 14.0. The van der Waals surface area contributed by atoms with Gasteiger partial charge < -0.3 is 14.1 Å². The van der Waals surface area contributed by atoms with Crippen LogP contribution in [0.5, 0.6) is 0 Å². The molecule has 2 aliphatic heterocycles. The first-order valence-electron chi connectivity index (χ1n) is 9.34. The fourth-order valence-electron chi connectivity index (χ4n) is 3.21. The number of anilines is 1. The molecule has 29 heavy (non-hydrogen) atoms. The summed E-state index contributed by atoms with van der Waals surface area (Å²) in [4.78, 5) is 32.9. The molecule has 7 nitrogen and oxygen atoms in total. The maximum absolute atomic E-state index is 12.6. The molecule has 2 aromatic rings. The van der Waals surface area contributed by atoms with Crippen molar-refractivity contribution in [3.05, 3.63) is 52.6 Å². The molecular formula is C21H21N3O4S. The highest BCUT2D eigenvalue weighted by molar-refractivity contribution is 8.18. The van der Waals surface area contributed by atoms with E-state index in [4.69, 9.17) is 9.15 Å². The van der Waals surface area contributed by atoms with Crippen LogP contribution in [0.15, 0.2) is 50.7 Å². The maximum Gasteiger partial charge on any atom is 0.337 e. The van der Waals surface area contributed by atoms with Gasteiger partial charge in [-0.1, -0.05) is 0 Å². The Labute approximate surface area is 173 Å². The number of benzene rings is 1. The Kier molecular flexibility index (Phi) is 5.44. The minimum atomic E-state index is -0.399. The second-order valence-corrected chi connectivity index (χ2v) is 7.79. The Hall–Kier alpha value is -3.00. The van der Waals surface area contributed by atoms with Gasteiger partial charge in [0.1, 0.15) is 5.76 Å². The summed E-state index contributed by atoms with van der Waals surface area (Å²) >= 11 is 1.30. The van der Waals surface area contributed by atoms with Crippen molar-refractivity contribution in [1.82, 2.24) is 4.90 Å². The van der Waals surface area contributed by atoms with E-state index in [-0.39, 0.29) is 5.91 Å². The van der Waals surface area contributed by atoms with Crippen LogP contribution in [0.4, 0.5) is 11.6 Å². The van der Waals surface area contributed by atoms with E-state index >= 15 is 0 Å². The standard InChI is InChI=1S/C21H21N3O4S/c1-23-19(25)17(13-16-9-10-18(28-16)24-11-3-4-12-24)29-21(23)22-15-7-5-14(6-8-15)20(26)27-2/h5-10,13H,3-4,11-12H2,1-2H3/b17-13+,22-21?. The first kappa shape index (κ1) is 19.3. The number of likely N-dealkylation sites (N-methyl/N-ethyl adjacent to an activating group) is 1. The third-order valence-corrected chi connectivity index (χ3v) is 5.88. The van der Waals surface area contributed by atoms with E-state index in [9.17, 15) is 9.59 Å². The number of rotatable bonds is 4. The summed E-state index contributed by atoms with van der Waals surface area (Å²) in [7, 11) is 3.03. The zero-order valence-corrected chi connectivity index (χ0v) is 17.1. The Balaban J connectivity index is 1.51. The van der Waals surface area contributed by atoms with E-state index in [1.807, 2.05) is 12.1 Å². The molecule has 2 fully saturated rings. The van der Waals surface area contributed by atoms with Crippen LogP contribution in [-0.2, 0) is 9.53 Å². The minimum absolute atomic E-state index is 0.126. The number of amides is 1. The zero-order chi connectivity index (χ0) is 20.4. The summed E-state index contributed by atoms with van der Waals surface area (Å²) in [5, 5.41) is 0.568. The van der Waals surface area contributed by atoms with Gasteiger partial charge in [0, 0.05) is 32.3 Å². The van der Waals surface area contributed by atoms with Crippen molar-refractivity contribution in [2.45, 2.75) is 12.8 Å². The number of ether oxygens (including phenoxy) is 1. The lowest BCUT2D eigenvalue weighted by Gasteiger charge is -2.12. The first-order valence-corrected chi connectivity index (χ1v) is 10.2. The molecule has 0 aliphatic carbocycles. The molecule has 1 amide bonds. The number of hydrogen-bond donors (Lipinski definition) is 0. The van der Waals surface area contributed by atoms with Crippen molar-refractivity contribution < 1.29 is 18.7 Å². The van der Waals surface area contributed by atoms with Crippen LogP contribution >= 0.6 is 11.8 Å². The monoisotopic (exact) mass is 411 g/mol. The largest absolute Gasteiger partial charge is 0.465 e. The van der Waals surface area contributed by atoms with Crippen LogP contribution in [0.25, 0.3) is 6.08 Å². The van der Waals surface area contributed by atoms with Gasteiger partial charge in [0.15, 0.2) is 11.1 Å². The molecule has 0 atom stereocenters. The molecule has 8 heteroatoms. The number of aliphatic imine (C=N–C) groups is 1. The maximum atomic E-state index is 12.6. The van der Waals surface area contributed by atoms with E-state index in [0.717, 1.165) is 19.0 Å². The molecule has 0 unspecified atom stereocenters. The summed E-state index contributed by atoms with van der Waals surface area (Å²) in [5.41, 5.74) is 1.10. The van der Waals surface area contributed by atoms with Crippen molar-refractivity contribution >= 4 is 46.5 Å². The predicted octanol–water partition coefficient (Wildman–Crippen LogP) is 3.90. The fourth-order valence-corrected chi connectivity index (χ4v) is 4.18. The second-order valence-electron chi connectivity index (χ2n) is 6.78. The van der Waals surface area contributed by atoms with E-state index in [0.29, 0.717) is 27.1 Å². The van der Waals surface area contributed by atoms with E-state index in [1.54, 1.807) is 37.4 Å². The van der Waals surface area contributed by atoms with Gasteiger partial charge in [-0.3, -0.25) is 9.69 Å². The lowest BCUT2D eigenvalue weighted by atomic mass is 10.2. The average Bonchev–Trinajstić information content (AvgIpc) is 3.47. The Bertz CT molecular complexity index is 988. The van der Waals surface area contributed by atoms with Crippen LogP contribution in [-0.4, -0.2) is 49.2 Å². The van der Waals surface area contributed by atoms with Crippen LogP contribution in [0.2, 0.25) is 0 Å². The summed E-state index contributed by atoms with van der Waals surface area (Å²) in [5.74, 6) is 0.973. The normalized spacial score (nSPS) is 19.6. The lowest BCUT2D eigenvalue weighted by Crippen LogP contribution is -2.23. The van der Waals surface area contributed by atoms with Crippen LogP contribution in [0, 0.1) is 0 Å². The molecule has 0 saturated carbocycles. The smallest absolute Gasteiger partial charge is 0.337 e. The van der Waals surface area contributed by atoms with Crippen molar-refractivity contribution in [3.63, 3.8) is 0 Å². The van der Waals surface area contributed by atoms with Gasteiger partial charge in [0.05, 0.1) is 23.3 Å². The number of hydrogen-bond acceptors (Lipinski definition) is 7. The van der Waals surface area contributed by atoms with Crippen molar-refractivity contribution in [3.8, 4) is 0 Å². The highest BCUT2D eigenvalue weighted by Crippen LogP contribution is 2.34. The second kappa shape index (κ2) is 8.16. The summed E-state index contributed by atoms with van der Waals surface area (Å²) < 4.78 is 10.6. The molecule has 2 aliphatic rings. The average molecular weight is 411 g/mol. The minimum Gasteiger partial charge on any atom is -0.465 e. The Morgan fingerprint density at radius 2 is 1.90 bits per heavy atom. The number of furan rings is 1. The van der Waals surface area contributed by atoms with Crippen LogP contribution in [0.3, 0.4) is 0 Å². The van der Waals surface area contributed by atoms with Crippen molar-refractivity contribution in [1.29, 1.82) is 0 Å². The molecular weight excluding hydrogens is 390 g/mol. The highest BCUT2D eigenvalue weighted by atomic mass is 32.2. The molecule has 0 bridgehead atoms. The highest BCUT2D eigenvalue weighted by Gasteiger charge is 2.30. The third-order valence-electron chi connectivity index (χ3n) is 4.82. The number of methoxy groups -OCH3 is 1. The van der Waals surface area contributed by atoms with E-state index in [1.165, 1.54) is 36.6 Å². The number of carbonyl (C=O) groups excluding carboxylic acids is 2. The Morgan fingerprint density at radius 1 is 1.17 bits per heavy atom. The number of carbonyl (C=O) groups is 2. The van der Waals surface area contributed by atoms with Crippen molar-refractivity contribution in [2.75, 3.05) is 32.1 Å². The van der Waals surface area contributed by atoms with E-state index in [2.05, 4.69) is 9.89 Å². The van der Waals surface area contributed by atoms with Crippen molar-refractivity contribution in [2.24, 2.45) is 4.99 Å². The SMILES string of the molecule is COC(=O)c1ccc(N=C2S/C(=C/c3ccc(N4CCCC4)o3)C(=O)N2C)cc1. The topological polar surface area (TPSA) is 75.3 Å². The van der Waals surface area contributed by atoms with Gasteiger partial charge in [0.2, 0.25) is 0 Å². The van der Waals surface area contributed by atoms with E-state index < -0.39 is 5.97 Å². The number of esters is 1. The number of nitrogens with zero attached hydrogens (tertiary/aromatic N) is 3. The third kappa shape index (κ3) is 4.07. The summed E-state index contributed by atoms with van der Waals surface area (Å²) in [6.07, 6.45) is 4.11. The zero-order valence-electron chi connectivity index (χ0n) is 16.3. The molecule has 3 heterocycles. The van der Waals surface area contributed by atoms with Gasteiger partial charge in [-0.05, 0) is 54.9 Å². The lowest BCUT2D eigenvalue weighted by molar-refractivity contribution is -0.121. The van der Waals surface area contributed by atoms with Crippen LogP contribution in [0.1, 0.15) is 29.0 Å². The van der Waals surface area contributed by atoms with Gasteiger partial charge in [0.25, 0.3) is 5.91 Å². The molecule has 1 aromatic heterocycles. The predicted molar refractivity (Wildman–Crippen MR) is 113 cm³/mol. The molecule has 0 radical (unpaired) electrons. The van der Waals surface area contributed by atoms with Gasteiger partial charge in [-0.25, -0.2) is 9.79 Å². The number of amidine groups is 1. The van der Waals surface area contributed by atoms with Crippen LogP contribution < -0.4 is 4.90 Å². The van der Waals surface area contributed by atoms with Gasteiger partial charge in [-0.2, -0.15) is 0 Å². The van der Waals surface area contributed by atoms with Gasteiger partial charge >= 0.3 is 5.97 Å². The molecule has 150 valence electrons. The van der Waals surface area contributed by atoms with Gasteiger partial charge in [-0.15, -0.1) is 0 Å². The molecule has 4 rings (SSSR count). The fraction of sp³-hybridized carbons (Fsp3) is 0.286. The molecule has 1 aromatic carbocycles. The molecule has 0 N–H and O–H groups in total. The quantitative estimate of drug-likeness (QED) is 0.561. The number of thioether (sulfide) groups is 1. The summed E-state index contributed by atoms with van der Waals surface area (Å²) in [6.45, 7) is 2.01. The molecule has 0 spiro atoms.